The van der Waals surface area contributed by atoms with Crippen molar-refractivity contribution in [2.75, 3.05) is 19.6 Å². The second-order valence-electron chi connectivity index (χ2n) is 5.15. The van der Waals surface area contributed by atoms with E-state index in [1.54, 1.807) is 12.1 Å². The van der Waals surface area contributed by atoms with Crippen LogP contribution in [0.3, 0.4) is 0 Å². The third-order valence-electron chi connectivity index (χ3n) is 3.59. The number of primary amides is 1. The summed E-state index contributed by atoms with van der Waals surface area (Å²) in [4.78, 5) is 23.0. The molecule has 1 aliphatic rings. The predicted molar refractivity (Wildman–Crippen MR) is 77.3 cm³/mol. The molecular weight excluding hydrogens is 254 g/mol. The maximum absolute atomic E-state index is 11.9. The summed E-state index contributed by atoms with van der Waals surface area (Å²) < 4.78 is 0. The number of carbonyl (C=O) groups excluding carboxylic acids is 2. The Bertz CT molecular complexity index is 482. The molecule has 2 rings (SSSR count). The van der Waals surface area contributed by atoms with Crippen molar-refractivity contribution in [3.8, 4) is 0 Å². The Hall–Kier alpha value is -1.88. The van der Waals surface area contributed by atoms with Gasteiger partial charge in [0.2, 0.25) is 11.8 Å². The molecule has 0 spiro atoms. The average molecular weight is 275 g/mol. The van der Waals surface area contributed by atoms with Crippen LogP contribution in [0.1, 0.15) is 28.8 Å². The molecule has 0 saturated carbocycles. The van der Waals surface area contributed by atoms with Gasteiger partial charge in [-0.15, -0.1) is 0 Å². The molecule has 0 bridgehead atoms. The van der Waals surface area contributed by atoms with Crippen molar-refractivity contribution in [2.45, 2.75) is 19.3 Å². The number of carbonyl (C=O) groups is 2. The fourth-order valence-electron chi connectivity index (χ4n) is 2.43. The lowest BCUT2D eigenvalue weighted by Crippen LogP contribution is -2.41. The van der Waals surface area contributed by atoms with Crippen molar-refractivity contribution in [2.24, 2.45) is 11.7 Å². The zero-order valence-electron chi connectivity index (χ0n) is 11.5. The van der Waals surface area contributed by atoms with E-state index >= 15 is 0 Å². The van der Waals surface area contributed by atoms with E-state index in [4.69, 9.17) is 5.73 Å². The van der Waals surface area contributed by atoms with Crippen LogP contribution in [-0.2, 0) is 11.2 Å². The molecule has 2 amide bonds. The van der Waals surface area contributed by atoms with E-state index in [0.29, 0.717) is 18.5 Å². The standard InChI is InChI=1S/C15H21N3O2/c16-14(19)12-4-1-3-11(9-12)6-8-18-15(20)13-5-2-7-17-10-13/h1,3-4,9,13,17H,2,5-8,10H2,(H2,16,19)(H,18,20). The molecule has 1 atom stereocenters. The molecule has 1 aromatic carbocycles. The molecule has 0 radical (unpaired) electrons. The summed E-state index contributed by atoms with van der Waals surface area (Å²) in [6, 6.07) is 7.21. The molecule has 1 saturated heterocycles. The van der Waals surface area contributed by atoms with E-state index in [2.05, 4.69) is 10.6 Å². The molecule has 5 heteroatoms. The maximum Gasteiger partial charge on any atom is 0.248 e. The summed E-state index contributed by atoms with van der Waals surface area (Å²) >= 11 is 0. The summed E-state index contributed by atoms with van der Waals surface area (Å²) in [5, 5.41) is 6.19. The zero-order chi connectivity index (χ0) is 14.4. The lowest BCUT2D eigenvalue weighted by molar-refractivity contribution is -0.125. The van der Waals surface area contributed by atoms with Crippen molar-refractivity contribution in [1.82, 2.24) is 10.6 Å². The first-order valence-electron chi connectivity index (χ1n) is 7.04. The number of hydrogen-bond acceptors (Lipinski definition) is 3. The Morgan fingerprint density at radius 1 is 1.40 bits per heavy atom. The summed E-state index contributed by atoms with van der Waals surface area (Å²) in [5.41, 5.74) is 6.75. The molecule has 108 valence electrons. The molecule has 1 fully saturated rings. The highest BCUT2D eigenvalue weighted by molar-refractivity contribution is 5.92. The number of benzene rings is 1. The maximum atomic E-state index is 11.9. The largest absolute Gasteiger partial charge is 0.366 e. The molecule has 0 aromatic heterocycles. The fraction of sp³-hybridized carbons (Fsp3) is 0.467. The van der Waals surface area contributed by atoms with Gasteiger partial charge >= 0.3 is 0 Å². The van der Waals surface area contributed by atoms with Gasteiger partial charge in [0.05, 0.1) is 5.92 Å². The van der Waals surface area contributed by atoms with Crippen LogP contribution in [0.25, 0.3) is 0 Å². The predicted octanol–water partition coefficient (Wildman–Crippen LogP) is 0.444. The highest BCUT2D eigenvalue weighted by Gasteiger charge is 2.20. The van der Waals surface area contributed by atoms with Crippen LogP contribution in [-0.4, -0.2) is 31.4 Å². The number of hydrogen-bond donors (Lipinski definition) is 3. The first-order chi connectivity index (χ1) is 9.66. The van der Waals surface area contributed by atoms with Gasteiger partial charge in [-0.3, -0.25) is 9.59 Å². The number of amides is 2. The minimum atomic E-state index is -0.427. The molecule has 20 heavy (non-hydrogen) atoms. The second-order valence-corrected chi connectivity index (χ2v) is 5.15. The lowest BCUT2D eigenvalue weighted by atomic mass is 9.99. The summed E-state index contributed by atoms with van der Waals surface area (Å²) in [6.45, 7) is 2.35. The summed E-state index contributed by atoms with van der Waals surface area (Å²) in [7, 11) is 0. The van der Waals surface area contributed by atoms with Gasteiger partial charge in [0.1, 0.15) is 0 Å². The monoisotopic (exact) mass is 275 g/mol. The van der Waals surface area contributed by atoms with Crippen LogP contribution in [0.5, 0.6) is 0 Å². The fourth-order valence-corrected chi connectivity index (χ4v) is 2.43. The number of rotatable bonds is 5. The minimum absolute atomic E-state index is 0.0840. The highest BCUT2D eigenvalue weighted by Crippen LogP contribution is 2.10. The van der Waals surface area contributed by atoms with E-state index in [9.17, 15) is 9.59 Å². The van der Waals surface area contributed by atoms with E-state index in [1.807, 2.05) is 12.1 Å². The van der Waals surface area contributed by atoms with Gasteiger partial charge < -0.3 is 16.4 Å². The van der Waals surface area contributed by atoms with Gasteiger partial charge in [-0.05, 0) is 43.5 Å². The van der Waals surface area contributed by atoms with E-state index in [0.717, 1.165) is 31.5 Å². The van der Waals surface area contributed by atoms with Gasteiger partial charge in [-0.2, -0.15) is 0 Å². The van der Waals surface area contributed by atoms with Gasteiger partial charge in [0, 0.05) is 18.7 Å². The van der Waals surface area contributed by atoms with Crippen LogP contribution in [0.15, 0.2) is 24.3 Å². The lowest BCUT2D eigenvalue weighted by Gasteiger charge is -2.21. The van der Waals surface area contributed by atoms with Crippen molar-refractivity contribution >= 4 is 11.8 Å². The Morgan fingerprint density at radius 3 is 2.95 bits per heavy atom. The molecule has 0 aliphatic carbocycles. The van der Waals surface area contributed by atoms with Gasteiger partial charge in [0.15, 0.2) is 0 Å². The number of piperidine rings is 1. The van der Waals surface area contributed by atoms with Gasteiger partial charge in [-0.1, -0.05) is 12.1 Å². The van der Waals surface area contributed by atoms with Gasteiger partial charge in [0.25, 0.3) is 0 Å². The Kier molecular flexibility index (Phi) is 5.12. The minimum Gasteiger partial charge on any atom is -0.366 e. The normalized spacial score (nSPS) is 18.5. The van der Waals surface area contributed by atoms with E-state index in [-0.39, 0.29) is 11.8 Å². The summed E-state index contributed by atoms with van der Waals surface area (Å²) in [5.74, 6) is -0.229. The van der Waals surface area contributed by atoms with Crippen LogP contribution >= 0.6 is 0 Å². The smallest absolute Gasteiger partial charge is 0.248 e. The molecule has 5 nitrogen and oxygen atoms in total. The van der Waals surface area contributed by atoms with Crippen molar-refractivity contribution < 1.29 is 9.59 Å². The highest BCUT2D eigenvalue weighted by atomic mass is 16.2. The zero-order valence-corrected chi connectivity index (χ0v) is 11.5. The van der Waals surface area contributed by atoms with Crippen LogP contribution < -0.4 is 16.4 Å². The van der Waals surface area contributed by atoms with Crippen molar-refractivity contribution in [1.29, 1.82) is 0 Å². The third-order valence-corrected chi connectivity index (χ3v) is 3.59. The van der Waals surface area contributed by atoms with E-state index in [1.165, 1.54) is 0 Å². The number of nitrogens with one attached hydrogen (secondary N) is 2. The average Bonchev–Trinajstić information content (AvgIpc) is 2.48. The molecular formula is C15H21N3O2. The quantitative estimate of drug-likeness (QED) is 0.729. The Labute approximate surface area is 118 Å². The topological polar surface area (TPSA) is 84.2 Å². The van der Waals surface area contributed by atoms with Crippen molar-refractivity contribution in [3.05, 3.63) is 35.4 Å². The molecule has 1 heterocycles. The molecule has 1 aromatic rings. The Morgan fingerprint density at radius 2 is 2.25 bits per heavy atom. The molecule has 4 N–H and O–H groups in total. The van der Waals surface area contributed by atoms with Gasteiger partial charge in [-0.25, -0.2) is 0 Å². The first kappa shape index (κ1) is 14.5. The molecule has 1 unspecified atom stereocenters. The summed E-state index contributed by atoms with van der Waals surface area (Å²) in [6.07, 6.45) is 2.71. The van der Waals surface area contributed by atoms with Crippen LogP contribution in [0.4, 0.5) is 0 Å². The van der Waals surface area contributed by atoms with E-state index < -0.39 is 5.91 Å². The van der Waals surface area contributed by atoms with Crippen molar-refractivity contribution in [3.63, 3.8) is 0 Å². The van der Waals surface area contributed by atoms with Crippen LogP contribution in [0.2, 0.25) is 0 Å². The second kappa shape index (κ2) is 7.05. The number of nitrogens with two attached hydrogens (primary N) is 1. The Balaban J connectivity index is 1.79. The third kappa shape index (κ3) is 4.06. The SMILES string of the molecule is NC(=O)c1cccc(CCNC(=O)C2CCCNC2)c1. The molecule has 1 aliphatic heterocycles. The van der Waals surface area contributed by atoms with Crippen LogP contribution in [0, 0.1) is 5.92 Å². The first-order valence-corrected chi connectivity index (χ1v) is 7.04.